The number of carbonyl (C=O) groups excluding carboxylic acids is 2. The van der Waals surface area contributed by atoms with Gasteiger partial charge in [-0.1, -0.05) is 86.1 Å². The van der Waals surface area contributed by atoms with E-state index >= 15 is 0 Å². The summed E-state index contributed by atoms with van der Waals surface area (Å²) in [7, 11) is 0. The fraction of sp³-hybridized carbons (Fsp3) is 0.588. The number of allylic oxidation sites excluding steroid dienone is 9. The van der Waals surface area contributed by atoms with Crippen molar-refractivity contribution < 1.29 is 34.4 Å². The first-order valence-corrected chi connectivity index (χ1v) is 14.8. The average molecular weight is 573 g/mol. The molecule has 0 saturated carbocycles. The highest BCUT2D eigenvalue weighted by Gasteiger charge is 2.23. The first-order chi connectivity index (χ1) is 19.3. The molecule has 230 valence electrons. The molecule has 0 fully saturated rings. The Bertz CT molecular complexity index is 997. The molecule has 1 rings (SSSR count). The van der Waals surface area contributed by atoms with Crippen molar-refractivity contribution in [3.8, 4) is 0 Å². The summed E-state index contributed by atoms with van der Waals surface area (Å²) >= 11 is 0. The standard InChI is InChI=1S/C34H52O7/c1-23(2)31-15-9-8-14-27(6)32(16-11-17-33(38)40-31)41-34(39)19-18-26(5)20-24(3)12-10-13-25(4)21-29(36)30(37)22-28(7)35/h8-10,12-13,18-21,23,27-32,35-37H,11,14-17,22H2,1-7H3/b9-8+,13-10+,19-18+,24-12+,25-21+,26-20+/t27-,28+,29-,30-,31+,32-/m0/s1. The van der Waals surface area contributed by atoms with E-state index in [1.165, 1.54) is 6.08 Å². The number of esters is 2. The molecule has 41 heavy (non-hydrogen) atoms. The Balaban J connectivity index is 2.73. The van der Waals surface area contributed by atoms with Gasteiger partial charge in [-0.3, -0.25) is 4.79 Å². The molecule has 1 heterocycles. The second kappa shape index (κ2) is 19.4. The van der Waals surface area contributed by atoms with Crippen molar-refractivity contribution in [1.82, 2.24) is 0 Å². The quantitative estimate of drug-likeness (QED) is 0.119. The van der Waals surface area contributed by atoms with Crippen molar-refractivity contribution in [1.29, 1.82) is 0 Å². The summed E-state index contributed by atoms with van der Waals surface area (Å²) in [6.45, 7) is 13.4. The Hall–Kier alpha value is -2.74. The highest BCUT2D eigenvalue weighted by molar-refractivity contribution is 5.82. The predicted molar refractivity (Wildman–Crippen MR) is 164 cm³/mol. The van der Waals surface area contributed by atoms with Gasteiger partial charge >= 0.3 is 11.9 Å². The second-order valence-corrected chi connectivity index (χ2v) is 11.6. The van der Waals surface area contributed by atoms with Crippen molar-refractivity contribution in [2.24, 2.45) is 11.8 Å². The van der Waals surface area contributed by atoms with Gasteiger partial charge < -0.3 is 24.8 Å². The Kier molecular flexibility index (Phi) is 17.2. The minimum atomic E-state index is -1.05. The van der Waals surface area contributed by atoms with Gasteiger partial charge in [-0.05, 0) is 58.8 Å². The summed E-state index contributed by atoms with van der Waals surface area (Å²) in [5.74, 6) is -0.228. The number of ether oxygens (including phenoxy) is 2. The fourth-order valence-electron chi connectivity index (χ4n) is 4.40. The van der Waals surface area contributed by atoms with Crippen LogP contribution in [-0.2, 0) is 19.1 Å². The highest BCUT2D eigenvalue weighted by Crippen LogP contribution is 2.22. The maximum atomic E-state index is 12.6. The number of hydrogen-bond acceptors (Lipinski definition) is 7. The maximum Gasteiger partial charge on any atom is 0.331 e. The first kappa shape index (κ1) is 36.3. The van der Waals surface area contributed by atoms with E-state index in [4.69, 9.17) is 9.47 Å². The smallest absolute Gasteiger partial charge is 0.331 e. The van der Waals surface area contributed by atoms with Gasteiger partial charge in [0.1, 0.15) is 12.2 Å². The van der Waals surface area contributed by atoms with Gasteiger partial charge in [0.05, 0.1) is 18.3 Å². The van der Waals surface area contributed by atoms with Crippen LogP contribution in [0.15, 0.2) is 71.4 Å². The molecule has 0 aliphatic carbocycles. The second-order valence-electron chi connectivity index (χ2n) is 11.6. The molecule has 0 radical (unpaired) electrons. The summed E-state index contributed by atoms with van der Waals surface area (Å²) in [5, 5.41) is 29.3. The third kappa shape index (κ3) is 16.3. The monoisotopic (exact) mass is 572 g/mol. The molecular weight excluding hydrogens is 520 g/mol. The van der Waals surface area contributed by atoms with Crippen LogP contribution in [0.1, 0.15) is 87.0 Å². The lowest BCUT2D eigenvalue weighted by atomic mass is 9.94. The third-order valence-corrected chi connectivity index (χ3v) is 6.91. The number of aliphatic hydroxyl groups is 3. The largest absolute Gasteiger partial charge is 0.462 e. The van der Waals surface area contributed by atoms with Crippen LogP contribution in [-0.4, -0.2) is 57.8 Å². The van der Waals surface area contributed by atoms with Crippen LogP contribution in [0, 0.1) is 11.8 Å². The summed E-state index contributed by atoms with van der Waals surface area (Å²) in [6.07, 6.45) is 16.3. The van der Waals surface area contributed by atoms with Crippen LogP contribution in [0.2, 0.25) is 0 Å². The van der Waals surface area contributed by atoms with Crippen molar-refractivity contribution in [3.05, 3.63) is 71.4 Å². The molecular formula is C34H52O7. The molecule has 7 heteroatoms. The SMILES string of the molecule is CC(=C\C=C\C(C)=C\[C@H](O)[C@@H](O)C[C@@H](C)O)/C=C(C)/C=C/C(=O)O[C@H]1CCCC(=O)O[C@@H](C(C)C)C/C=C/C[C@@H]1C. The fourth-order valence-corrected chi connectivity index (χ4v) is 4.40. The van der Waals surface area contributed by atoms with E-state index in [0.29, 0.717) is 25.7 Å². The van der Waals surface area contributed by atoms with E-state index in [2.05, 4.69) is 32.9 Å². The zero-order chi connectivity index (χ0) is 30.9. The molecule has 1 aliphatic rings. The van der Waals surface area contributed by atoms with E-state index in [1.807, 2.05) is 45.1 Å². The van der Waals surface area contributed by atoms with Gasteiger partial charge in [-0.2, -0.15) is 0 Å². The van der Waals surface area contributed by atoms with Gasteiger partial charge in [-0.25, -0.2) is 4.79 Å². The van der Waals surface area contributed by atoms with Crippen molar-refractivity contribution in [2.75, 3.05) is 0 Å². The molecule has 0 unspecified atom stereocenters. The predicted octanol–water partition coefficient (Wildman–Crippen LogP) is 6.07. The van der Waals surface area contributed by atoms with E-state index < -0.39 is 24.3 Å². The summed E-state index contributed by atoms with van der Waals surface area (Å²) in [5.41, 5.74) is 2.62. The van der Waals surface area contributed by atoms with Crippen LogP contribution in [0.25, 0.3) is 0 Å². The van der Waals surface area contributed by atoms with Crippen molar-refractivity contribution in [3.63, 3.8) is 0 Å². The van der Waals surface area contributed by atoms with Crippen LogP contribution >= 0.6 is 0 Å². The van der Waals surface area contributed by atoms with Gasteiger partial charge in [0.25, 0.3) is 0 Å². The molecule has 0 spiro atoms. The molecule has 0 aromatic heterocycles. The topological polar surface area (TPSA) is 113 Å². The molecule has 0 saturated heterocycles. The van der Waals surface area contributed by atoms with Crippen LogP contribution < -0.4 is 0 Å². The normalized spacial score (nSPS) is 25.4. The van der Waals surface area contributed by atoms with Crippen LogP contribution in [0.5, 0.6) is 0 Å². The highest BCUT2D eigenvalue weighted by atomic mass is 16.5. The molecule has 0 bridgehead atoms. The Labute approximate surface area is 247 Å². The first-order valence-electron chi connectivity index (χ1n) is 14.8. The lowest BCUT2D eigenvalue weighted by Crippen LogP contribution is -2.27. The molecule has 1 aliphatic heterocycles. The Morgan fingerprint density at radius 3 is 2.37 bits per heavy atom. The number of aliphatic hydroxyl groups excluding tert-OH is 3. The molecule has 0 amide bonds. The van der Waals surface area contributed by atoms with Crippen molar-refractivity contribution in [2.45, 2.75) is 118 Å². The lowest BCUT2D eigenvalue weighted by Gasteiger charge is -2.24. The maximum absolute atomic E-state index is 12.6. The average Bonchev–Trinajstić information content (AvgIpc) is 2.87. The number of cyclic esters (lactones) is 1. The van der Waals surface area contributed by atoms with Gasteiger partial charge in [0.2, 0.25) is 0 Å². The third-order valence-electron chi connectivity index (χ3n) is 6.91. The summed E-state index contributed by atoms with van der Waals surface area (Å²) in [4.78, 5) is 24.9. The van der Waals surface area contributed by atoms with Gasteiger partial charge in [0, 0.05) is 25.3 Å². The minimum Gasteiger partial charge on any atom is -0.462 e. The minimum absolute atomic E-state index is 0.102. The lowest BCUT2D eigenvalue weighted by molar-refractivity contribution is -0.151. The molecule has 7 nitrogen and oxygen atoms in total. The van der Waals surface area contributed by atoms with E-state index in [9.17, 15) is 24.9 Å². The zero-order valence-corrected chi connectivity index (χ0v) is 26.0. The van der Waals surface area contributed by atoms with E-state index in [1.54, 1.807) is 19.1 Å². The number of carbonyl (C=O) groups is 2. The summed E-state index contributed by atoms with van der Waals surface area (Å²) in [6, 6.07) is 0. The zero-order valence-electron chi connectivity index (χ0n) is 26.0. The number of rotatable bonds is 11. The molecule has 0 aromatic rings. The van der Waals surface area contributed by atoms with Crippen molar-refractivity contribution >= 4 is 11.9 Å². The Morgan fingerprint density at radius 2 is 1.71 bits per heavy atom. The van der Waals surface area contributed by atoms with E-state index in [-0.39, 0.29) is 36.4 Å². The molecule has 6 atom stereocenters. The number of hydrogen-bond donors (Lipinski definition) is 3. The van der Waals surface area contributed by atoms with Gasteiger partial charge in [0.15, 0.2) is 0 Å². The van der Waals surface area contributed by atoms with E-state index in [0.717, 1.165) is 23.1 Å². The summed E-state index contributed by atoms with van der Waals surface area (Å²) < 4.78 is 11.4. The van der Waals surface area contributed by atoms with Crippen LogP contribution in [0.3, 0.4) is 0 Å². The van der Waals surface area contributed by atoms with Gasteiger partial charge in [-0.15, -0.1) is 0 Å². The van der Waals surface area contributed by atoms with Crippen LogP contribution in [0.4, 0.5) is 0 Å². The Morgan fingerprint density at radius 1 is 1.02 bits per heavy atom. The molecule has 0 aromatic carbocycles. The molecule has 3 N–H and O–H groups in total.